The number of rotatable bonds is 3. The fourth-order valence-corrected chi connectivity index (χ4v) is 1.43. The second-order valence-corrected chi connectivity index (χ2v) is 3.86. The van der Waals surface area contributed by atoms with E-state index in [9.17, 15) is 4.79 Å². The Hall–Kier alpha value is -1.62. The van der Waals surface area contributed by atoms with Gasteiger partial charge in [-0.2, -0.15) is 0 Å². The molecule has 1 fully saturated rings. The highest BCUT2D eigenvalue weighted by molar-refractivity contribution is 5.64. The van der Waals surface area contributed by atoms with Crippen LogP contribution in [-0.4, -0.2) is 16.2 Å². The van der Waals surface area contributed by atoms with Crippen LogP contribution in [0.5, 0.6) is 0 Å². The SMILES string of the molecule is NC1(c2cc(CNC(=O)O)ccn2)CC1. The molecule has 1 amide bonds. The van der Waals surface area contributed by atoms with Crippen molar-refractivity contribution < 1.29 is 9.90 Å². The molecule has 1 aromatic heterocycles. The fraction of sp³-hybridized carbons (Fsp3) is 0.400. The first-order chi connectivity index (χ1) is 7.10. The lowest BCUT2D eigenvalue weighted by Gasteiger charge is -2.09. The molecule has 0 spiro atoms. The number of aromatic nitrogens is 1. The molecule has 0 atom stereocenters. The molecule has 0 radical (unpaired) electrons. The van der Waals surface area contributed by atoms with Crippen LogP contribution >= 0.6 is 0 Å². The molecule has 1 aliphatic carbocycles. The van der Waals surface area contributed by atoms with Crippen LogP contribution in [0.1, 0.15) is 24.1 Å². The summed E-state index contributed by atoms with van der Waals surface area (Å²) < 4.78 is 0. The smallest absolute Gasteiger partial charge is 0.404 e. The van der Waals surface area contributed by atoms with Crippen LogP contribution in [-0.2, 0) is 12.1 Å². The summed E-state index contributed by atoms with van der Waals surface area (Å²) in [7, 11) is 0. The van der Waals surface area contributed by atoms with Gasteiger partial charge >= 0.3 is 6.09 Å². The highest BCUT2D eigenvalue weighted by atomic mass is 16.4. The van der Waals surface area contributed by atoms with Crippen molar-refractivity contribution in [1.29, 1.82) is 0 Å². The molecule has 0 saturated heterocycles. The Labute approximate surface area is 87.3 Å². The first-order valence-corrected chi connectivity index (χ1v) is 4.81. The normalized spacial score (nSPS) is 17.1. The van der Waals surface area contributed by atoms with Gasteiger partial charge in [0.1, 0.15) is 0 Å². The molecule has 1 aliphatic rings. The van der Waals surface area contributed by atoms with Gasteiger partial charge in [0.25, 0.3) is 0 Å². The Morgan fingerprint density at radius 2 is 2.40 bits per heavy atom. The summed E-state index contributed by atoms with van der Waals surface area (Å²) in [6.45, 7) is 0.293. The first kappa shape index (κ1) is 9.92. The number of nitrogens with two attached hydrogens (primary N) is 1. The first-order valence-electron chi connectivity index (χ1n) is 4.81. The molecule has 1 aromatic rings. The minimum absolute atomic E-state index is 0.265. The van der Waals surface area contributed by atoms with E-state index in [1.165, 1.54) is 0 Å². The predicted molar refractivity (Wildman–Crippen MR) is 54.2 cm³/mol. The Balaban J connectivity index is 2.09. The maximum absolute atomic E-state index is 10.3. The third-order valence-electron chi connectivity index (χ3n) is 2.57. The Bertz CT molecular complexity index is 388. The van der Waals surface area contributed by atoms with Gasteiger partial charge in [-0.3, -0.25) is 4.98 Å². The van der Waals surface area contributed by atoms with Crippen LogP contribution < -0.4 is 11.1 Å². The van der Waals surface area contributed by atoms with E-state index in [0.717, 1.165) is 24.1 Å². The maximum Gasteiger partial charge on any atom is 0.404 e. The Morgan fingerprint density at radius 1 is 1.67 bits per heavy atom. The van der Waals surface area contributed by atoms with E-state index in [2.05, 4.69) is 10.3 Å². The minimum atomic E-state index is -1.03. The number of nitrogens with zero attached hydrogens (tertiary/aromatic N) is 1. The Kier molecular flexibility index (Phi) is 2.32. The van der Waals surface area contributed by atoms with Gasteiger partial charge in [-0.05, 0) is 30.5 Å². The van der Waals surface area contributed by atoms with E-state index in [-0.39, 0.29) is 5.54 Å². The lowest BCUT2D eigenvalue weighted by atomic mass is 10.1. The third-order valence-corrected chi connectivity index (χ3v) is 2.57. The maximum atomic E-state index is 10.3. The summed E-state index contributed by atoms with van der Waals surface area (Å²) >= 11 is 0. The second-order valence-electron chi connectivity index (χ2n) is 3.86. The average Bonchev–Trinajstić information content (AvgIpc) is 2.95. The number of pyridine rings is 1. The van der Waals surface area contributed by atoms with E-state index in [4.69, 9.17) is 10.8 Å². The number of carbonyl (C=O) groups is 1. The van der Waals surface area contributed by atoms with E-state index in [1.807, 2.05) is 6.07 Å². The number of hydrogen-bond donors (Lipinski definition) is 3. The molecular weight excluding hydrogens is 194 g/mol. The lowest BCUT2D eigenvalue weighted by molar-refractivity contribution is 0.194. The molecule has 1 heterocycles. The van der Waals surface area contributed by atoms with Crippen LogP contribution in [0.4, 0.5) is 4.79 Å². The van der Waals surface area contributed by atoms with Gasteiger partial charge in [0, 0.05) is 12.7 Å². The van der Waals surface area contributed by atoms with Crippen LogP contribution in [0.2, 0.25) is 0 Å². The van der Waals surface area contributed by atoms with Crippen LogP contribution in [0.25, 0.3) is 0 Å². The van der Waals surface area contributed by atoms with Crippen molar-refractivity contribution in [2.45, 2.75) is 24.9 Å². The number of carboxylic acid groups (broad SMARTS) is 1. The summed E-state index contributed by atoms with van der Waals surface area (Å²) in [6, 6.07) is 3.65. The standard InChI is InChI=1S/C10H13N3O2/c11-10(2-3-10)8-5-7(1-4-12-8)6-13-9(14)15/h1,4-5,13H,2-3,6,11H2,(H,14,15). The molecule has 1 saturated carbocycles. The Morgan fingerprint density at radius 3 is 3.00 bits per heavy atom. The minimum Gasteiger partial charge on any atom is -0.465 e. The average molecular weight is 207 g/mol. The topological polar surface area (TPSA) is 88.2 Å². The number of nitrogens with one attached hydrogen (secondary N) is 1. The van der Waals surface area contributed by atoms with Crippen LogP contribution in [0, 0.1) is 0 Å². The molecular formula is C10H13N3O2. The molecule has 4 N–H and O–H groups in total. The van der Waals surface area contributed by atoms with Crippen LogP contribution in [0.3, 0.4) is 0 Å². The zero-order valence-corrected chi connectivity index (χ0v) is 8.23. The molecule has 15 heavy (non-hydrogen) atoms. The zero-order valence-electron chi connectivity index (χ0n) is 8.23. The summed E-state index contributed by atoms with van der Waals surface area (Å²) in [5, 5.41) is 10.8. The van der Waals surface area contributed by atoms with Crippen molar-refractivity contribution in [2.75, 3.05) is 0 Å². The van der Waals surface area contributed by atoms with E-state index < -0.39 is 6.09 Å². The second kappa shape index (κ2) is 3.51. The van der Waals surface area contributed by atoms with Crippen molar-refractivity contribution in [3.8, 4) is 0 Å². The van der Waals surface area contributed by atoms with E-state index in [1.54, 1.807) is 12.3 Å². The summed E-state index contributed by atoms with van der Waals surface area (Å²) in [4.78, 5) is 14.5. The van der Waals surface area contributed by atoms with Crippen molar-refractivity contribution in [2.24, 2.45) is 5.73 Å². The van der Waals surface area contributed by atoms with Gasteiger partial charge in [-0.15, -0.1) is 0 Å². The third kappa shape index (κ3) is 2.24. The van der Waals surface area contributed by atoms with Crippen molar-refractivity contribution in [3.05, 3.63) is 29.6 Å². The van der Waals surface area contributed by atoms with E-state index >= 15 is 0 Å². The highest BCUT2D eigenvalue weighted by Crippen LogP contribution is 2.41. The monoisotopic (exact) mass is 207 g/mol. The predicted octanol–water partition coefficient (Wildman–Crippen LogP) is 0.797. The molecule has 0 bridgehead atoms. The summed E-state index contributed by atoms with van der Waals surface area (Å²) in [5.41, 5.74) is 7.47. The summed E-state index contributed by atoms with van der Waals surface area (Å²) in [6.07, 6.45) is 2.55. The van der Waals surface area contributed by atoms with Crippen molar-refractivity contribution >= 4 is 6.09 Å². The van der Waals surface area contributed by atoms with Crippen LogP contribution in [0.15, 0.2) is 18.3 Å². The molecule has 5 heteroatoms. The molecule has 2 rings (SSSR count). The summed E-state index contributed by atoms with van der Waals surface area (Å²) in [5.74, 6) is 0. The van der Waals surface area contributed by atoms with Gasteiger partial charge in [-0.1, -0.05) is 0 Å². The largest absolute Gasteiger partial charge is 0.465 e. The number of amides is 1. The number of hydrogen-bond acceptors (Lipinski definition) is 3. The van der Waals surface area contributed by atoms with Gasteiger partial charge in [-0.25, -0.2) is 4.79 Å². The fourth-order valence-electron chi connectivity index (χ4n) is 1.43. The molecule has 0 unspecified atom stereocenters. The highest BCUT2D eigenvalue weighted by Gasteiger charge is 2.41. The zero-order chi connectivity index (χ0) is 10.9. The lowest BCUT2D eigenvalue weighted by Crippen LogP contribution is -2.22. The molecule has 0 aliphatic heterocycles. The van der Waals surface area contributed by atoms with Gasteiger partial charge in [0.05, 0.1) is 11.2 Å². The molecule has 5 nitrogen and oxygen atoms in total. The van der Waals surface area contributed by atoms with Crippen molar-refractivity contribution in [3.63, 3.8) is 0 Å². The van der Waals surface area contributed by atoms with Gasteiger partial charge < -0.3 is 16.2 Å². The quantitative estimate of drug-likeness (QED) is 0.684. The van der Waals surface area contributed by atoms with Crippen molar-refractivity contribution in [1.82, 2.24) is 10.3 Å². The molecule has 80 valence electrons. The van der Waals surface area contributed by atoms with Gasteiger partial charge in [0.2, 0.25) is 0 Å². The van der Waals surface area contributed by atoms with E-state index in [0.29, 0.717) is 6.54 Å². The molecule has 0 aromatic carbocycles. The van der Waals surface area contributed by atoms with Gasteiger partial charge in [0.15, 0.2) is 0 Å².